The smallest absolute Gasteiger partial charge is 0.269 e. The van der Waals surface area contributed by atoms with Gasteiger partial charge in [0.15, 0.2) is 0 Å². The summed E-state index contributed by atoms with van der Waals surface area (Å²) in [6.45, 7) is 0. The van der Waals surface area contributed by atoms with Crippen LogP contribution in [0.25, 0.3) is 6.08 Å². The molecule has 0 bridgehead atoms. The zero-order valence-corrected chi connectivity index (χ0v) is 9.13. The van der Waals surface area contributed by atoms with Crippen molar-refractivity contribution in [2.24, 2.45) is 0 Å². The van der Waals surface area contributed by atoms with Gasteiger partial charge in [0.2, 0.25) is 5.91 Å². The Morgan fingerprint density at radius 1 is 1.35 bits per heavy atom. The molecule has 0 atom stereocenters. The number of benzene rings is 1. The van der Waals surface area contributed by atoms with Crippen molar-refractivity contribution in [1.82, 2.24) is 5.32 Å². The number of carbonyl (C=O) groups is 1. The van der Waals surface area contributed by atoms with Gasteiger partial charge in [0, 0.05) is 24.3 Å². The van der Waals surface area contributed by atoms with Gasteiger partial charge in [0.05, 0.1) is 4.92 Å². The van der Waals surface area contributed by atoms with Gasteiger partial charge in [-0.1, -0.05) is 0 Å². The van der Waals surface area contributed by atoms with Crippen molar-refractivity contribution in [3.63, 3.8) is 0 Å². The topological polar surface area (TPSA) is 72.2 Å². The first-order valence-corrected chi connectivity index (χ1v) is 5.38. The second kappa shape index (κ2) is 4.78. The minimum absolute atomic E-state index is 0.0459. The van der Waals surface area contributed by atoms with E-state index in [1.54, 1.807) is 18.2 Å². The summed E-state index contributed by atoms with van der Waals surface area (Å²) in [6.07, 6.45) is 5.19. The first-order chi connectivity index (χ1) is 8.15. The molecule has 0 spiro atoms. The third kappa shape index (κ3) is 3.41. The zero-order valence-electron chi connectivity index (χ0n) is 9.13. The van der Waals surface area contributed by atoms with Gasteiger partial charge in [0.25, 0.3) is 5.69 Å². The SMILES string of the molecule is O=C(/C=C/c1ccc([N+](=O)[O-])cc1)NC1CC1. The number of nitrogens with one attached hydrogen (secondary N) is 1. The average Bonchev–Trinajstić information content (AvgIpc) is 3.11. The molecule has 0 aromatic heterocycles. The van der Waals surface area contributed by atoms with Crippen LogP contribution in [0, 0.1) is 10.1 Å². The quantitative estimate of drug-likeness (QED) is 0.489. The molecule has 1 amide bonds. The Morgan fingerprint density at radius 3 is 2.53 bits per heavy atom. The molecule has 88 valence electrons. The van der Waals surface area contributed by atoms with E-state index < -0.39 is 4.92 Å². The number of nitro benzene ring substituents is 1. The Morgan fingerprint density at radius 2 is 2.00 bits per heavy atom. The third-order valence-electron chi connectivity index (χ3n) is 2.45. The van der Waals surface area contributed by atoms with E-state index in [-0.39, 0.29) is 11.6 Å². The van der Waals surface area contributed by atoms with E-state index in [0.717, 1.165) is 18.4 Å². The fraction of sp³-hybridized carbons (Fsp3) is 0.250. The Bertz CT molecular complexity index is 461. The number of non-ortho nitro benzene ring substituents is 1. The highest BCUT2D eigenvalue weighted by molar-refractivity contribution is 5.92. The Balaban J connectivity index is 1.95. The van der Waals surface area contributed by atoms with Crippen LogP contribution in [-0.4, -0.2) is 16.9 Å². The fourth-order valence-corrected chi connectivity index (χ4v) is 1.36. The Labute approximate surface area is 98.3 Å². The molecule has 1 fully saturated rings. The molecule has 1 N–H and O–H groups in total. The van der Waals surface area contributed by atoms with Gasteiger partial charge in [-0.05, 0) is 36.6 Å². The molecule has 1 aromatic rings. The van der Waals surface area contributed by atoms with Crippen LogP contribution in [0.2, 0.25) is 0 Å². The second-order valence-electron chi connectivity index (χ2n) is 3.96. The fourth-order valence-electron chi connectivity index (χ4n) is 1.36. The van der Waals surface area contributed by atoms with Gasteiger partial charge >= 0.3 is 0 Å². The maximum atomic E-state index is 11.3. The van der Waals surface area contributed by atoms with Crippen LogP contribution in [0.4, 0.5) is 5.69 Å². The van der Waals surface area contributed by atoms with Crippen LogP contribution in [0.3, 0.4) is 0 Å². The van der Waals surface area contributed by atoms with Crippen LogP contribution >= 0.6 is 0 Å². The first-order valence-electron chi connectivity index (χ1n) is 5.38. The van der Waals surface area contributed by atoms with Crippen LogP contribution in [0.5, 0.6) is 0 Å². The van der Waals surface area contributed by atoms with Crippen molar-refractivity contribution in [3.8, 4) is 0 Å². The normalized spacial score (nSPS) is 14.8. The largest absolute Gasteiger partial charge is 0.350 e. The maximum absolute atomic E-state index is 11.3. The molecule has 0 unspecified atom stereocenters. The summed E-state index contributed by atoms with van der Waals surface area (Å²) < 4.78 is 0. The number of nitro groups is 1. The van der Waals surface area contributed by atoms with Crippen LogP contribution < -0.4 is 5.32 Å². The van der Waals surface area contributed by atoms with E-state index in [4.69, 9.17) is 0 Å². The summed E-state index contributed by atoms with van der Waals surface area (Å²) in [7, 11) is 0. The Kier molecular flexibility index (Phi) is 3.18. The molecule has 0 saturated heterocycles. The summed E-state index contributed by atoms with van der Waals surface area (Å²) in [4.78, 5) is 21.3. The molecular formula is C12H12N2O3. The molecule has 17 heavy (non-hydrogen) atoms. The minimum atomic E-state index is -0.451. The number of rotatable bonds is 4. The molecular weight excluding hydrogens is 220 g/mol. The van der Waals surface area contributed by atoms with Crippen molar-refractivity contribution < 1.29 is 9.72 Å². The molecule has 2 rings (SSSR count). The lowest BCUT2D eigenvalue weighted by molar-refractivity contribution is -0.384. The summed E-state index contributed by atoms with van der Waals surface area (Å²) >= 11 is 0. The number of carbonyl (C=O) groups excluding carboxylic acids is 1. The van der Waals surface area contributed by atoms with Gasteiger partial charge in [-0.2, -0.15) is 0 Å². The molecule has 0 heterocycles. The standard InChI is InChI=1S/C12H12N2O3/c15-12(13-10-4-5-10)8-3-9-1-6-11(7-2-9)14(16)17/h1-3,6-8,10H,4-5H2,(H,13,15)/b8-3+. The van der Waals surface area contributed by atoms with E-state index in [9.17, 15) is 14.9 Å². The Hall–Kier alpha value is -2.17. The molecule has 1 aromatic carbocycles. The molecule has 0 aliphatic heterocycles. The minimum Gasteiger partial charge on any atom is -0.350 e. The molecule has 1 aliphatic carbocycles. The number of amides is 1. The van der Waals surface area contributed by atoms with Crippen molar-refractivity contribution in [2.45, 2.75) is 18.9 Å². The van der Waals surface area contributed by atoms with Gasteiger partial charge in [-0.25, -0.2) is 0 Å². The van der Waals surface area contributed by atoms with Crippen molar-refractivity contribution in [1.29, 1.82) is 0 Å². The lowest BCUT2D eigenvalue weighted by Crippen LogP contribution is -2.22. The molecule has 1 saturated carbocycles. The van der Waals surface area contributed by atoms with Crippen LogP contribution in [0.1, 0.15) is 18.4 Å². The van der Waals surface area contributed by atoms with Gasteiger partial charge in [-0.15, -0.1) is 0 Å². The highest BCUT2D eigenvalue weighted by Crippen LogP contribution is 2.18. The van der Waals surface area contributed by atoms with Gasteiger partial charge in [-0.3, -0.25) is 14.9 Å². The maximum Gasteiger partial charge on any atom is 0.269 e. The molecule has 0 radical (unpaired) electrons. The monoisotopic (exact) mass is 232 g/mol. The van der Waals surface area contributed by atoms with Gasteiger partial charge < -0.3 is 5.32 Å². The van der Waals surface area contributed by atoms with E-state index in [1.807, 2.05) is 0 Å². The van der Waals surface area contributed by atoms with Crippen molar-refractivity contribution >= 4 is 17.7 Å². The van der Waals surface area contributed by atoms with E-state index in [0.29, 0.717) is 6.04 Å². The van der Waals surface area contributed by atoms with Crippen LogP contribution in [-0.2, 0) is 4.79 Å². The van der Waals surface area contributed by atoms with Crippen LogP contribution in [0.15, 0.2) is 30.3 Å². The average molecular weight is 232 g/mol. The zero-order chi connectivity index (χ0) is 12.3. The number of hydrogen-bond acceptors (Lipinski definition) is 3. The molecule has 5 heteroatoms. The van der Waals surface area contributed by atoms with E-state index >= 15 is 0 Å². The van der Waals surface area contributed by atoms with Crippen molar-refractivity contribution in [2.75, 3.05) is 0 Å². The third-order valence-corrected chi connectivity index (χ3v) is 2.45. The lowest BCUT2D eigenvalue weighted by atomic mass is 10.2. The highest BCUT2D eigenvalue weighted by Gasteiger charge is 2.21. The highest BCUT2D eigenvalue weighted by atomic mass is 16.6. The van der Waals surface area contributed by atoms with Gasteiger partial charge in [0.1, 0.15) is 0 Å². The van der Waals surface area contributed by atoms with E-state index in [2.05, 4.69) is 5.32 Å². The second-order valence-corrected chi connectivity index (χ2v) is 3.96. The number of nitrogens with zero attached hydrogens (tertiary/aromatic N) is 1. The van der Waals surface area contributed by atoms with E-state index in [1.165, 1.54) is 18.2 Å². The predicted octanol–water partition coefficient (Wildman–Crippen LogP) is 1.89. The molecule has 5 nitrogen and oxygen atoms in total. The predicted molar refractivity (Wildman–Crippen MR) is 63.3 cm³/mol. The lowest BCUT2D eigenvalue weighted by Gasteiger charge is -1.97. The summed E-state index contributed by atoms with van der Waals surface area (Å²) in [6, 6.07) is 6.39. The first kappa shape index (κ1) is 11.3. The summed E-state index contributed by atoms with van der Waals surface area (Å²) in [5, 5.41) is 13.2. The summed E-state index contributed by atoms with van der Waals surface area (Å²) in [5.41, 5.74) is 0.811. The summed E-state index contributed by atoms with van der Waals surface area (Å²) in [5.74, 6) is -0.120. The van der Waals surface area contributed by atoms with Crippen molar-refractivity contribution in [3.05, 3.63) is 46.0 Å². The molecule has 1 aliphatic rings. The number of hydrogen-bond donors (Lipinski definition) is 1.